The van der Waals surface area contributed by atoms with E-state index in [1.165, 1.54) is 0 Å². The number of para-hydroxylation sites is 1. The molecular weight excluding hydrogens is 444 g/mol. The standard InChI is InChI=1S/C31H28N4O/c1-18(2)25-9-7-8-10-28(25)33-21(5)27-12-19(3)11-26-20(4)13-29(36-31(26)27)22-14-23(16-32)30-24(15-22)17-35(6)34-30/h7-15,17,21,33H,1,4H2,2-3,5-6H3. The van der Waals surface area contributed by atoms with Crippen LogP contribution >= 0.6 is 0 Å². The van der Waals surface area contributed by atoms with Gasteiger partial charge in [-0.05, 0) is 73.4 Å². The van der Waals surface area contributed by atoms with Crippen LogP contribution in [0.1, 0.15) is 53.3 Å². The Hall–Kier alpha value is -4.56. The van der Waals surface area contributed by atoms with Crippen molar-refractivity contribution in [2.24, 2.45) is 7.05 Å². The van der Waals surface area contributed by atoms with Gasteiger partial charge in [-0.25, -0.2) is 0 Å². The molecule has 0 fully saturated rings. The van der Waals surface area contributed by atoms with Gasteiger partial charge < -0.3 is 10.1 Å². The van der Waals surface area contributed by atoms with Gasteiger partial charge in [0.15, 0.2) is 0 Å². The minimum Gasteiger partial charge on any atom is -0.456 e. The van der Waals surface area contributed by atoms with Crippen molar-refractivity contribution >= 4 is 33.5 Å². The fraction of sp³-hybridized carbons (Fsp3) is 0.161. The summed E-state index contributed by atoms with van der Waals surface area (Å²) in [6.45, 7) is 14.7. The second kappa shape index (κ2) is 8.90. The van der Waals surface area contributed by atoms with E-state index in [4.69, 9.17) is 4.74 Å². The van der Waals surface area contributed by atoms with Crippen LogP contribution in [0.3, 0.4) is 0 Å². The molecule has 1 unspecified atom stereocenters. The van der Waals surface area contributed by atoms with Crippen LogP contribution in [-0.2, 0) is 7.05 Å². The minimum atomic E-state index is -0.0400. The van der Waals surface area contributed by atoms with Gasteiger partial charge >= 0.3 is 0 Å². The third kappa shape index (κ3) is 4.08. The lowest BCUT2D eigenvalue weighted by Gasteiger charge is -2.27. The summed E-state index contributed by atoms with van der Waals surface area (Å²) in [6, 6.07) is 18.5. The van der Waals surface area contributed by atoms with Crippen LogP contribution in [0.2, 0.25) is 0 Å². The van der Waals surface area contributed by atoms with Gasteiger partial charge in [-0.2, -0.15) is 10.4 Å². The number of hydrogen-bond donors (Lipinski definition) is 1. The first-order valence-corrected chi connectivity index (χ1v) is 11.9. The maximum atomic E-state index is 9.73. The molecule has 0 bridgehead atoms. The monoisotopic (exact) mass is 472 g/mol. The summed E-state index contributed by atoms with van der Waals surface area (Å²) in [7, 11) is 1.85. The average Bonchev–Trinajstić information content (AvgIpc) is 3.23. The van der Waals surface area contributed by atoms with E-state index in [-0.39, 0.29) is 6.04 Å². The molecular formula is C31H28N4O. The van der Waals surface area contributed by atoms with E-state index in [1.54, 1.807) is 4.68 Å². The van der Waals surface area contributed by atoms with Gasteiger partial charge in [0, 0.05) is 41.0 Å². The Morgan fingerprint density at radius 3 is 2.72 bits per heavy atom. The Labute approximate surface area is 211 Å². The van der Waals surface area contributed by atoms with Gasteiger partial charge in [0.25, 0.3) is 0 Å². The zero-order chi connectivity index (χ0) is 25.6. The Kier molecular flexibility index (Phi) is 5.74. The number of aromatic nitrogens is 2. The number of nitriles is 1. The number of rotatable bonds is 5. The van der Waals surface area contributed by atoms with E-state index in [0.29, 0.717) is 16.8 Å². The molecule has 1 N–H and O–H groups in total. The summed E-state index contributed by atoms with van der Waals surface area (Å²) >= 11 is 0. The van der Waals surface area contributed by atoms with E-state index < -0.39 is 0 Å². The maximum absolute atomic E-state index is 9.73. The largest absolute Gasteiger partial charge is 0.456 e. The molecule has 36 heavy (non-hydrogen) atoms. The summed E-state index contributed by atoms with van der Waals surface area (Å²) in [4.78, 5) is 0. The zero-order valence-electron chi connectivity index (χ0n) is 21.0. The van der Waals surface area contributed by atoms with E-state index in [2.05, 4.69) is 67.8 Å². The first-order chi connectivity index (χ1) is 17.2. The molecule has 1 aromatic heterocycles. The van der Waals surface area contributed by atoms with E-state index in [0.717, 1.165) is 55.8 Å². The summed E-state index contributed by atoms with van der Waals surface area (Å²) in [6.07, 6.45) is 3.85. The van der Waals surface area contributed by atoms with Gasteiger partial charge in [0.1, 0.15) is 23.1 Å². The Balaban J connectivity index is 1.56. The smallest absolute Gasteiger partial charge is 0.140 e. The summed E-state index contributed by atoms with van der Waals surface area (Å²) in [5.41, 5.74) is 9.15. The Morgan fingerprint density at radius 1 is 1.19 bits per heavy atom. The molecule has 5 nitrogen and oxygen atoms in total. The molecule has 0 aliphatic carbocycles. The van der Waals surface area contributed by atoms with Gasteiger partial charge in [-0.3, -0.25) is 4.68 Å². The second-order valence-corrected chi connectivity index (χ2v) is 9.43. The third-order valence-corrected chi connectivity index (χ3v) is 6.48. The molecule has 0 radical (unpaired) electrons. The van der Waals surface area contributed by atoms with Crippen molar-refractivity contribution in [3.63, 3.8) is 0 Å². The highest BCUT2D eigenvalue weighted by molar-refractivity contribution is 5.92. The van der Waals surface area contributed by atoms with Crippen LogP contribution in [-0.4, -0.2) is 9.78 Å². The molecule has 178 valence electrons. The predicted molar refractivity (Wildman–Crippen MR) is 147 cm³/mol. The van der Waals surface area contributed by atoms with Gasteiger partial charge in [-0.1, -0.05) is 37.4 Å². The number of hydrogen-bond acceptors (Lipinski definition) is 4. The second-order valence-electron chi connectivity index (χ2n) is 9.43. The van der Waals surface area contributed by atoms with Gasteiger partial charge in [0.2, 0.25) is 0 Å². The molecule has 1 atom stereocenters. The molecule has 1 aliphatic rings. The summed E-state index contributed by atoms with van der Waals surface area (Å²) < 4.78 is 8.29. The van der Waals surface area contributed by atoms with Gasteiger partial charge in [-0.15, -0.1) is 0 Å². The summed E-state index contributed by atoms with van der Waals surface area (Å²) in [5, 5.41) is 18.7. The number of nitrogens with zero attached hydrogens (tertiary/aromatic N) is 3. The topological polar surface area (TPSA) is 62.9 Å². The van der Waals surface area contributed by atoms with Crippen LogP contribution < -0.4 is 10.1 Å². The van der Waals surface area contributed by atoms with Crippen LogP contribution in [0.15, 0.2) is 74.0 Å². The normalized spacial score (nSPS) is 13.4. The van der Waals surface area contributed by atoms with E-state index in [1.807, 2.05) is 50.5 Å². The van der Waals surface area contributed by atoms with Crippen molar-refractivity contribution in [3.05, 3.63) is 107 Å². The van der Waals surface area contributed by atoms with Crippen LogP contribution in [0.25, 0.3) is 27.8 Å². The highest BCUT2D eigenvalue weighted by Crippen LogP contribution is 2.43. The lowest BCUT2D eigenvalue weighted by molar-refractivity contribution is 0.499. The molecule has 0 amide bonds. The third-order valence-electron chi connectivity index (χ3n) is 6.48. The summed E-state index contributed by atoms with van der Waals surface area (Å²) in [5.74, 6) is 1.44. The minimum absolute atomic E-state index is 0.0400. The Bertz CT molecular complexity index is 1630. The molecule has 2 heterocycles. The first kappa shape index (κ1) is 23.2. The molecule has 0 saturated heterocycles. The number of nitrogens with one attached hydrogen (secondary N) is 1. The molecule has 3 aromatic carbocycles. The number of allylic oxidation sites excluding steroid dienone is 3. The number of ether oxygens (including phenoxy) is 1. The SMILES string of the molecule is C=C(C)c1ccccc1NC(C)c1cc(C)cc2c1OC(c1cc(C#N)c3nn(C)cc3c1)=CC2=C. The number of benzene rings is 3. The van der Waals surface area contributed by atoms with Crippen molar-refractivity contribution in [3.8, 4) is 11.8 Å². The van der Waals surface area contributed by atoms with E-state index >= 15 is 0 Å². The quantitative estimate of drug-likeness (QED) is 0.329. The molecule has 4 aromatic rings. The highest BCUT2D eigenvalue weighted by atomic mass is 16.5. The van der Waals surface area contributed by atoms with Crippen molar-refractivity contribution in [2.45, 2.75) is 26.8 Å². The molecule has 0 saturated carbocycles. The maximum Gasteiger partial charge on any atom is 0.140 e. The van der Waals surface area contributed by atoms with Crippen LogP contribution in [0, 0.1) is 18.3 Å². The lowest BCUT2D eigenvalue weighted by Crippen LogP contribution is -2.13. The zero-order valence-corrected chi connectivity index (χ0v) is 21.0. The number of anilines is 1. The van der Waals surface area contributed by atoms with Crippen LogP contribution in [0.4, 0.5) is 5.69 Å². The molecule has 5 rings (SSSR count). The van der Waals surface area contributed by atoms with Crippen LogP contribution in [0.5, 0.6) is 5.75 Å². The fourth-order valence-electron chi connectivity index (χ4n) is 4.77. The van der Waals surface area contributed by atoms with E-state index in [9.17, 15) is 5.26 Å². The first-order valence-electron chi connectivity index (χ1n) is 11.9. The number of fused-ring (bicyclic) bond motifs is 2. The van der Waals surface area contributed by atoms with Gasteiger partial charge in [0.05, 0.1) is 11.6 Å². The number of aryl methyl sites for hydroxylation is 2. The van der Waals surface area contributed by atoms with Crippen molar-refractivity contribution in [2.75, 3.05) is 5.32 Å². The lowest BCUT2D eigenvalue weighted by atomic mass is 9.92. The van der Waals surface area contributed by atoms with Crippen molar-refractivity contribution < 1.29 is 4.74 Å². The highest BCUT2D eigenvalue weighted by Gasteiger charge is 2.24. The van der Waals surface area contributed by atoms with Crippen molar-refractivity contribution in [1.29, 1.82) is 5.26 Å². The molecule has 5 heteroatoms. The Morgan fingerprint density at radius 2 is 1.97 bits per heavy atom. The molecule has 1 aliphatic heterocycles. The average molecular weight is 473 g/mol. The predicted octanol–water partition coefficient (Wildman–Crippen LogP) is 7.41. The molecule has 0 spiro atoms. The fourth-order valence-corrected chi connectivity index (χ4v) is 4.77. The van der Waals surface area contributed by atoms with Crippen molar-refractivity contribution in [1.82, 2.24) is 9.78 Å².